The van der Waals surface area contributed by atoms with Crippen LogP contribution in [-0.4, -0.2) is 35.8 Å². The van der Waals surface area contributed by atoms with Crippen LogP contribution in [0.3, 0.4) is 0 Å². The maximum atomic E-state index is 11.8. The lowest BCUT2D eigenvalue weighted by Gasteiger charge is -2.47. The molecule has 3 nitrogen and oxygen atoms in total. The molecule has 0 bridgehead atoms. The first kappa shape index (κ1) is 12.2. The predicted molar refractivity (Wildman–Crippen MR) is 54.5 cm³/mol. The first-order valence-electron chi connectivity index (χ1n) is 4.71. The molecule has 0 aliphatic carbocycles. The minimum Gasteiger partial charge on any atom is -0.289 e. The third-order valence-electron chi connectivity index (χ3n) is 2.12. The maximum absolute atomic E-state index is 11.8. The maximum Gasteiger partial charge on any atom is 0.218 e. The molecule has 1 fully saturated rings. The second-order valence-electron chi connectivity index (χ2n) is 2.60. The third-order valence-corrected chi connectivity index (χ3v) is 5.43. The summed E-state index contributed by atoms with van der Waals surface area (Å²) in [5.74, 6) is 0. The van der Waals surface area contributed by atoms with Gasteiger partial charge in [-0.2, -0.15) is 0 Å². The van der Waals surface area contributed by atoms with Crippen molar-refractivity contribution >= 4 is 7.44 Å². The fourth-order valence-corrected chi connectivity index (χ4v) is 3.64. The van der Waals surface area contributed by atoms with Crippen LogP contribution >= 0.6 is 7.44 Å². The van der Waals surface area contributed by atoms with E-state index < -0.39 is 7.44 Å². The molecule has 0 saturated carbocycles. The molecule has 1 rings (SSSR count). The van der Waals surface area contributed by atoms with E-state index in [1.807, 2.05) is 37.2 Å². The second-order valence-corrected chi connectivity index (χ2v) is 5.81. The molecule has 0 radical (unpaired) electrons. The van der Waals surface area contributed by atoms with Crippen molar-refractivity contribution in [2.75, 3.05) is 26.4 Å². The van der Waals surface area contributed by atoms with E-state index in [1.54, 1.807) is 0 Å². The smallest absolute Gasteiger partial charge is 0.218 e. The van der Waals surface area contributed by atoms with Crippen LogP contribution in [0.4, 0.5) is 0 Å². The summed E-state index contributed by atoms with van der Waals surface area (Å²) in [6.45, 7) is 9.82. The Morgan fingerprint density at radius 2 is 1.83 bits per heavy atom. The van der Waals surface area contributed by atoms with Gasteiger partial charge in [-0.1, -0.05) is 27.7 Å². The molecule has 0 aromatic carbocycles. The molecule has 4 heteroatoms. The summed E-state index contributed by atoms with van der Waals surface area (Å²) in [6, 6.07) is 0. The van der Waals surface area contributed by atoms with E-state index in [9.17, 15) is 4.57 Å². The van der Waals surface area contributed by atoms with Crippen LogP contribution in [0.2, 0.25) is 0 Å². The standard InChI is InChI=1S/C6H15N2OP.C2H6/c1-4-8-6-7(3)10(8,9)5-2;1-2/h4-6H2,1-3H3;1-2H3. The van der Waals surface area contributed by atoms with Crippen molar-refractivity contribution < 1.29 is 4.57 Å². The summed E-state index contributed by atoms with van der Waals surface area (Å²) in [5.41, 5.74) is 0. The van der Waals surface area contributed by atoms with Gasteiger partial charge in [-0.25, -0.2) is 9.34 Å². The van der Waals surface area contributed by atoms with Crippen LogP contribution in [0, 0.1) is 0 Å². The number of rotatable bonds is 2. The Labute approximate surface area is 76.2 Å². The van der Waals surface area contributed by atoms with E-state index in [0.717, 1.165) is 19.4 Å². The Morgan fingerprint density at radius 1 is 1.33 bits per heavy atom. The first-order chi connectivity index (χ1) is 5.65. The van der Waals surface area contributed by atoms with Crippen molar-refractivity contribution in [2.24, 2.45) is 0 Å². The molecule has 0 aromatic rings. The molecular formula is C8H21N2OP. The highest BCUT2D eigenvalue weighted by Crippen LogP contribution is 2.59. The third kappa shape index (κ3) is 1.90. The molecule has 0 amide bonds. The molecule has 0 N–H and O–H groups in total. The summed E-state index contributed by atoms with van der Waals surface area (Å²) in [5, 5.41) is 0. The molecule has 0 aromatic heterocycles. The first-order valence-corrected chi connectivity index (χ1v) is 6.51. The zero-order valence-corrected chi connectivity index (χ0v) is 9.77. The Kier molecular flexibility index (Phi) is 5.07. The van der Waals surface area contributed by atoms with Crippen LogP contribution in [0.15, 0.2) is 0 Å². The fraction of sp³-hybridized carbons (Fsp3) is 1.00. The Bertz CT molecular complexity index is 172. The zero-order chi connectivity index (χ0) is 9.78. The van der Waals surface area contributed by atoms with Crippen LogP contribution < -0.4 is 0 Å². The van der Waals surface area contributed by atoms with Crippen LogP contribution in [0.25, 0.3) is 0 Å². The molecule has 1 unspecified atom stereocenters. The van der Waals surface area contributed by atoms with Gasteiger partial charge in [-0.3, -0.25) is 4.57 Å². The van der Waals surface area contributed by atoms with Crippen LogP contribution in [0.5, 0.6) is 0 Å². The molecular weight excluding hydrogens is 171 g/mol. The topological polar surface area (TPSA) is 23.6 Å². The van der Waals surface area contributed by atoms with Crippen LogP contribution in [0.1, 0.15) is 27.7 Å². The van der Waals surface area contributed by atoms with Crippen molar-refractivity contribution in [3.8, 4) is 0 Å². The van der Waals surface area contributed by atoms with Crippen molar-refractivity contribution in [2.45, 2.75) is 27.7 Å². The number of nitrogens with zero attached hydrogens (tertiary/aromatic N) is 2. The summed E-state index contributed by atoms with van der Waals surface area (Å²) in [7, 11) is -0.0813. The van der Waals surface area contributed by atoms with Crippen molar-refractivity contribution in [1.82, 2.24) is 9.34 Å². The minimum absolute atomic E-state index is 0.775. The molecule has 1 saturated heterocycles. The molecule has 1 atom stereocenters. The highest BCUT2D eigenvalue weighted by atomic mass is 31.2. The number of hydrogen-bond donors (Lipinski definition) is 0. The predicted octanol–water partition coefficient (Wildman–Crippen LogP) is 2.45. The lowest BCUT2D eigenvalue weighted by atomic mass is 10.7. The van der Waals surface area contributed by atoms with E-state index in [4.69, 9.17) is 0 Å². The van der Waals surface area contributed by atoms with E-state index >= 15 is 0 Å². The molecule has 74 valence electrons. The highest BCUT2D eigenvalue weighted by Gasteiger charge is 2.42. The molecule has 1 heterocycles. The van der Waals surface area contributed by atoms with Gasteiger partial charge in [0.15, 0.2) is 0 Å². The Morgan fingerprint density at radius 3 is 2.00 bits per heavy atom. The Balaban J connectivity index is 0.000000561. The van der Waals surface area contributed by atoms with Crippen LogP contribution in [-0.2, 0) is 4.57 Å². The fourth-order valence-electron chi connectivity index (χ4n) is 1.35. The van der Waals surface area contributed by atoms with E-state index in [1.165, 1.54) is 0 Å². The van der Waals surface area contributed by atoms with Gasteiger partial charge in [-0.15, -0.1) is 0 Å². The molecule has 1 aliphatic rings. The summed E-state index contributed by atoms with van der Waals surface area (Å²) >= 11 is 0. The molecule has 1 aliphatic heterocycles. The number of hydrogen-bond acceptors (Lipinski definition) is 1. The van der Waals surface area contributed by atoms with E-state index in [2.05, 4.69) is 6.92 Å². The second kappa shape index (κ2) is 5.00. The Hall–Kier alpha value is 0.150. The van der Waals surface area contributed by atoms with Gasteiger partial charge in [0.25, 0.3) is 0 Å². The minimum atomic E-state index is -2.01. The largest absolute Gasteiger partial charge is 0.289 e. The van der Waals surface area contributed by atoms with Gasteiger partial charge < -0.3 is 0 Å². The average Bonchev–Trinajstić information content (AvgIpc) is 2.15. The summed E-state index contributed by atoms with van der Waals surface area (Å²) in [4.78, 5) is 0. The monoisotopic (exact) mass is 192 g/mol. The van der Waals surface area contributed by atoms with E-state index in [-0.39, 0.29) is 0 Å². The normalized spacial score (nSPS) is 30.4. The van der Waals surface area contributed by atoms with Gasteiger partial charge >= 0.3 is 0 Å². The zero-order valence-electron chi connectivity index (χ0n) is 8.87. The van der Waals surface area contributed by atoms with Crippen molar-refractivity contribution in [3.05, 3.63) is 0 Å². The van der Waals surface area contributed by atoms with Gasteiger partial charge in [0.05, 0.1) is 6.67 Å². The van der Waals surface area contributed by atoms with Crippen molar-refractivity contribution in [3.63, 3.8) is 0 Å². The van der Waals surface area contributed by atoms with E-state index in [0.29, 0.717) is 0 Å². The quantitative estimate of drug-likeness (QED) is 0.628. The van der Waals surface area contributed by atoms with Gasteiger partial charge in [0, 0.05) is 12.7 Å². The van der Waals surface area contributed by atoms with Crippen molar-refractivity contribution in [1.29, 1.82) is 0 Å². The highest BCUT2D eigenvalue weighted by molar-refractivity contribution is 7.60. The molecule has 12 heavy (non-hydrogen) atoms. The van der Waals surface area contributed by atoms with Gasteiger partial charge in [0.1, 0.15) is 0 Å². The summed E-state index contributed by atoms with van der Waals surface area (Å²) in [6.07, 6.45) is 0.775. The lowest BCUT2D eigenvalue weighted by molar-refractivity contribution is 0.223. The van der Waals surface area contributed by atoms with Gasteiger partial charge in [-0.05, 0) is 7.05 Å². The SMILES string of the molecule is CC.CCN1CN(C)P1(=O)CC. The lowest BCUT2D eigenvalue weighted by Crippen LogP contribution is -2.46. The molecule has 0 spiro atoms. The summed E-state index contributed by atoms with van der Waals surface area (Å²) < 4.78 is 15.8. The van der Waals surface area contributed by atoms with Gasteiger partial charge in [0.2, 0.25) is 7.44 Å². The average molecular weight is 192 g/mol.